The lowest BCUT2D eigenvalue weighted by Crippen LogP contribution is -1.81. The summed E-state index contributed by atoms with van der Waals surface area (Å²) < 4.78 is 5.13. The molecular formula is C10H10N6O. The summed E-state index contributed by atoms with van der Waals surface area (Å²) in [5.41, 5.74) is 3.18. The average Bonchev–Trinajstić information content (AvgIpc) is 2.96. The second-order valence-corrected chi connectivity index (χ2v) is 3.80. The van der Waals surface area contributed by atoms with E-state index in [0.29, 0.717) is 23.1 Å². The Bertz CT molecular complexity index is 594. The maximum atomic E-state index is 5.13. The maximum absolute atomic E-state index is 5.13. The fraction of sp³-hybridized carbons (Fsp3) is 0.200. The van der Waals surface area contributed by atoms with Crippen LogP contribution in [0.4, 0.5) is 0 Å². The first-order valence-corrected chi connectivity index (χ1v) is 5.11. The molecule has 86 valence electrons. The zero-order valence-corrected chi connectivity index (χ0v) is 9.35. The van der Waals surface area contributed by atoms with Gasteiger partial charge in [0.05, 0.1) is 0 Å². The first-order valence-electron chi connectivity index (χ1n) is 5.11. The normalized spacial score (nSPS) is 10.9. The molecule has 0 spiro atoms. The van der Waals surface area contributed by atoms with Crippen LogP contribution in [0, 0.1) is 13.8 Å². The predicted octanol–water partition coefficient (Wildman–Crippen LogP) is 1.47. The van der Waals surface area contributed by atoms with Crippen molar-refractivity contribution in [2.75, 3.05) is 0 Å². The van der Waals surface area contributed by atoms with E-state index >= 15 is 0 Å². The van der Waals surface area contributed by atoms with Gasteiger partial charge in [0.15, 0.2) is 5.69 Å². The summed E-state index contributed by atoms with van der Waals surface area (Å²) in [7, 11) is 0. The molecule has 0 aromatic carbocycles. The monoisotopic (exact) mass is 230 g/mol. The Morgan fingerprint density at radius 1 is 1.00 bits per heavy atom. The summed E-state index contributed by atoms with van der Waals surface area (Å²) >= 11 is 0. The molecule has 0 atom stereocenters. The minimum atomic E-state index is 0.380. The summed E-state index contributed by atoms with van der Waals surface area (Å²) in [6.45, 7) is 3.82. The Labute approximate surface area is 96.3 Å². The van der Waals surface area contributed by atoms with Crippen LogP contribution in [0.15, 0.2) is 16.7 Å². The molecule has 7 nitrogen and oxygen atoms in total. The van der Waals surface area contributed by atoms with Crippen LogP contribution < -0.4 is 0 Å². The maximum Gasteiger partial charge on any atom is 0.278 e. The molecule has 0 unspecified atom stereocenters. The van der Waals surface area contributed by atoms with Crippen molar-refractivity contribution < 1.29 is 4.52 Å². The van der Waals surface area contributed by atoms with Crippen molar-refractivity contribution in [3.63, 3.8) is 0 Å². The molecule has 3 aromatic rings. The van der Waals surface area contributed by atoms with Crippen molar-refractivity contribution in [3.05, 3.63) is 23.5 Å². The Hall–Kier alpha value is -2.44. The second-order valence-electron chi connectivity index (χ2n) is 3.80. The summed E-state index contributed by atoms with van der Waals surface area (Å²) in [5.74, 6) is 0.829. The largest absolute Gasteiger partial charge is 0.332 e. The van der Waals surface area contributed by atoms with Gasteiger partial charge >= 0.3 is 0 Å². The number of nitrogens with one attached hydrogen (secondary N) is 2. The van der Waals surface area contributed by atoms with Crippen molar-refractivity contribution in [1.29, 1.82) is 0 Å². The topological polar surface area (TPSA) is 96.3 Å². The van der Waals surface area contributed by atoms with Crippen LogP contribution in [0.25, 0.3) is 23.1 Å². The molecule has 3 rings (SSSR count). The third-order valence-electron chi connectivity index (χ3n) is 2.29. The Morgan fingerprint density at radius 2 is 1.65 bits per heavy atom. The molecule has 0 fully saturated rings. The van der Waals surface area contributed by atoms with Crippen LogP contribution in [-0.4, -0.2) is 30.5 Å². The van der Waals surface area contributed by atoms with Crippen LogP contribution in [0.3, 0.4) is 0 Å². The van der Waals surface area contributed by atoms with Crippen molar-refractivity contribution in [3.8, 4) is 23.1 Å². The van der Waals surface area contributed by atoms with E-state index in [1.807, 2.05) is 26.0 Å². The number of aromatic amines is 2. The number of hydrogen-bond donors (Lipinski definition) is 2. The van der Waals surface area contributed by atoms with Crippen LogP contribution in [-0.2, 0) is 0 Å². The van der Waals surface area contributed by atoms with Gasteiger partial charge in [0, 0.05) is 11.4 Å². The van der Waals surface area contributed by atoms with Gasteiger partial charge in [-0.3, -0.25) is 10.2 Å². The Balaban J connectivity index is 1.98. The number of nitrogens with zero attached hydrogens (tertiary/aromatic N) is 4. The molecule has 17 heavy (non-hydrogen) atoms. The van der Waals surface area contributed by atoms with E-state index in [2.05, 4.69) is 30.5 Å². The summed E-state index contributed by atoms with van der Waals surface area (Å²) in [6, 6.07) is 3.69. The quantitative estimate of drug-likeness (QED) is 0.694. The predicted molar refractivity (Wildman–Crippen MR) is 58.9 cm³/mol. The molecule has 0 amide bonds. The number of rotatable bonds is 2. The van der Waals surface area contributed by atoms with Gasteiger partial charge in [-0.2, -0.15) is 15.2 Å². The molecule has 3 aromatic heterocycles. The molecule has 2 N–H and O–H groups in total. The van der Waals surface area contributed by atoms with Gasteiger partial charge in [-0.1, -0.05) is 5.16 Å². The van der Waals surface area contributed by atoms with E-state index in [0.717, 1.165) is 11.4 Å². The number of hydrogen-bond acceptors (Lipinski definition) is 5. The summed E-state index contributed by atoms with van der Waals surface area (Å²) in [5, 5.41) is 17.6. The Morgan fingerprint density at radius 3 is 2.24 bits per heavy atom. The molecular weight excluding hydrogens is 220 g/mol. The number of aromatic nitrogens is 6. The average molecular weight is 230 g/mol. The zero-order chi connectivity index (χ0) is 11.8. The van der Waals surface area contributed by atoms with Gasteiger partial charge in [-0.15, -0.1) is 0 Å². The van der Waals surface area contributed by atoms with E-state index in [9.17, 15) is 0 Å². The van der Waals surface area contributed by atoms with Gasteiger partial charge in [-0.25, -0.2) is 0 Å². The van der Waals surface area contributed by atoms with Gasteiger partial charge in [0.2, 0.25) is 5.82 Å². The van der Waals surface area contributed by atoms with Gasteiger partial charge in [0.25, 0.3) is 5.89 Å². The number of aryl methyl sites for hydroxylation is 2. The van der Waals surface area contributed by atoms with E-state index in [1.165, 1.54) is 0 Å². The van der Waals surface area contributed by atoms with Crippen LogP contribution in [0.5, 0.6) is 0 Å². The van der Waals surface area contributed by atoms with Crippen molar-refractivity contribution in [1.82, 2.24) is 30.5 Å². The molecule has 0 saturated heterocycles. The summed E-state index contributed by atoms with van der Waals surface area (Å²) in [4.78, 5) is 4.23. The lowest BCUT2D eigenvalue weighted by atomic mass is 10.3. The molecule has 0 aliphatic heterocycles. The van der Waals surface area contributed by atoms with Gasteiger partial charge in [-0.05, 0) is 26.0 Å². The molecule has 7 heteroatoms. The fourth-order valence-corrected chi connectivity index (χ4v) is 1.49. The van der Waals surface area contributed by atoms with Crippen LogP contribution in [0.1, 0.15) is 11.4 Å². The standard InChI is InChI=1S/C10H10N6O/c1-5-3-7(14-12-5)9-11-10(17-16-9)8-4-6(2)13-15-8/h3-4H,1-2H3,(H,12,14)(H,13,15). The number of H-pyrrole nitrogens is 2. The molecule has 3 heterocycles. The molecule has 0 bridgehead atoms. The first-order chi connectivity index (χ1) is 8.22. The van der Waals surface area contributed by atoms with E-state index in [1.54, 1.807) is 0 Å². The molecule has 0 radical (unpaired) electrons. The highest BCUT2D eigenvalue weighted by Crippen LogP contribution is 2.19. The highest BCUT2D eigenvalue weighted by molar-refractivity contribution is 5.54. The van der Waals surface area contributed by atoms with Crippen molar-refractivity contribution in [2.45, 2.75) is 13.8 Å². The third kappa shape index (κ3) is 1.71. The lowest BCUT2D eigenvalue weighted by molar-refractivity contribution is 0.430. The zero-order valence-electron chi connectivity index (χ0n) is 9.35. The minimum absolute atomic E-state index is 0.380. The van der Waals surface area contributed by atoms with Crippen LogP contribution >= 0.6 is 0 Å². The molecule has 0 saturated carbocycles. The Kier molecular flexibility index (Phi) is 2.04. The molecule has 0 aliphatic rings. The lowest BCUT2D eigenvalue weighted by Gasteiger charge is -1.82. The summed E-state index contributed by atoms with van der Waals surface area (Å²) in [6.07, 6.45) is 0. The van der Waals surface area contributed by atoms with Gasteiger partial charge < -0.3 is 4.52 Å². The van der Waals surface area contributed by atoms with E-state index in [-0.39, 0.29) is 0 Å². The third-order valence-corrected chi connectivity index (χ3v) is 2.29. The van der Waals surface area contributed by atoms with Gasteiger partial charge in [0.1, 0.15) is 5.69 Å². The van der Waals surface area contributed by atoms with Crippen molar-refractivity contribution in [2.24, 2.45) is 0 Å². The first kappa shape index (κ1) is 9.76. The second kappa shape index (κ2) is 3.55. The highest BCUT2D eigenvalue weighted by Gasteiger charge is 2.14. The van der Waals surface area contributed by atoms with Crippen molar-refractivity contribution >= 4 is 0 Å². The van der Waals surface area contributed by atoms with E-state index < -0.39 is 0 Å². The fourth-order valence-electron chi connectivity index (χ4n) is 1.49. The minimum Gasteiger partial charge on any atom is -0.332 e. The molecule has 0 aliphatic carbocycles. The van der Waals surface area contributed by atoms with Crippen LogP contribution in [0.2, 0.25) is 0 Å². The highest BCUT2D eigenvalue weighted by atomic mass is 16.5. The van der Waals surface area contributed by atoms with E-state index in [4.69, 9.17) is 4.52 Å². The SMILES string of the molecule is Cc1cc(-c2noc(-c3cc(C)[nH]n3)n2)n[nH]1. The smallest absolute Gasteiger partial charge is 0.278 e.